The molecular weight excluding hydrogens is 344 g/mol. The Kier molecular flexibility index (Phi) is 4.97. The van der Waals surface area contributed by atoms with Gasteiger partial charge in [0.1, 0.15) is 0 Å². The van der Waals surface area contributed by atoms with Crippen LogP contribution in [-0.4, -0.2) is 64.5 Å². The maximum Gasteiger partial charge on any atom is 0.291 e. The Bertz CT molecular complexity index is 786. The summed E-state index contributed by atoms with van der Waals surface area (Å²) < 4.78 is 11.2. The lowest BCUT2D eigenvalue weighted by atomic mass is 9.75. The van der Waals surface area contributed by atoms with Crippen molar-refractivity contribution in [1.29, 1.82) is 0 Å². The predicted molar refractivity (Wildman–Crippen MR) is 99.1 cm³/mol. The minimum absolute atomic E-state index is 0.0555. The predicted octanol–water partition coefficient (Wildman–Crippen LogP) is 2.13. The number of likely N-dealkylation sites (tertiary alicyclic amines) is 2. The van der Waals surface area contributed by atoms with E-state index in [2.05, 4.69) is 21.9 Å². The Morgan fingerprint density at radius 1 is 1.37 bits per heavy atom. The van der Waals surface area contributed by atoms with Gasteiger partial charge in [-0.3, -0.25) is 14.7 Å². The fourth-order valence-electron chi connectivity index (χ4n) is 4.20. The molecule has 0 saturated carbocycles. The zero-order valence-corrected chi connectivity index (χ0v) is 15.9. The van der Waals surface area contributed by atoms with E-state index >= 15 is 0 Å². The van der Waals surface area contributed by atoms with Crippen molar-refractivity contribution in [1.82, 2.24) is 19.8 Å². The van der Waals surface area contributed by atoms with Gasteiger partial charge in [-0.2, -0.15) is 0 Å². The molecule has 0 aromatic carbocycles. The van der Waals surface area contributed by atoms with Crippen molar-refractivity contribution in [2.24, 2.45) is 5.92 Å². The standard InChI is InChI=1S/C20H26N4O3/c1-15-18(27-14-22-15)19(25)24-12-20(13-24)9-17(5-8-23(20)2)11-26-10-16-3-6-21-7-4-16/h3-4,6-7,14,17H,5,8-13H2,1-2H3. The number of nitrogens with zero attached hydrogens (tertiary/aromatic N) is 4. The number of carbonyl (C=O) groups is 1. The van der Waals surface area contributed by atoms with Crippen LogP contribution in [0.5, 0.6) is 0 Å². The third-order valence-corrected chi connectivity index (χ3v) is 5.92. The topological polar surface area (TPSA) is 71.7 Å². The van der Waals surface area contributed by atoms with Crippen LogP contribution >= 0.6 is 0 Å². The van der Waals surface area contributed by atoms with Crippen LogP contribution in [0.2, 0.25) is 0 Å². The van der Waals surface area contributed by atoms with Gasteiger partial charge >= 0.3 is 0 Å². The van der Waals surface area contributed by atoms with Crippen LogP contribution in [0, 0.1) is 12.8 Å². The monoisotopic (exact) mass is 370 g/mol. The Hall–Kier alpha value is -2.25. The zero-order chi connectivity index (χ0) is 18.9. The number of aryl methyl sites for hydroxylation is 1. The quantitative estimate of drug-likeness (QED) is 0.803. The van der Waals surface area contributed by atoms with Gasteiger partial charge in [0, 0.05) is 32.1 Å². The molecule has 7 nitrogen and oxygen atoms in total. The maximum absolute atomic E-state index is 12.6. The van der Waals surface area contributed by atoms with Crippen LogP contribution in [0.1, 0.15) is 34.7 Å². The third-order valence-electron chi connectivity index (χ3n) is 5.92. The van der Waals surface area contributed by atoms with Crippen molar-refractivity contribution in [3.63, 3.8) is 0 Å². The number of hydrogen-bond donors (Lipinski definition) is 0. The molecule has 2 aromatic rings. The van der Waals surface area contributed by atoms with Crippen molar-refractivity contribution in [3.8, 4) is 0 Å². The molecular formula is C20H26N4O3. The van der Waals surface area contributed by atoms with Gasteiger partial charge in [-0.1, -0.05) is 0 Å². The van der Waals surface area contributed by atoms with Gasteiger partial charge in [-0.15, -0.1) is 0 Å². The highest BCUT2D eigenvalue weighted by atomic mass is 16.5. The summed E-state index contributed by atoms with van der Waals surface area (Å²) in [7, 11) is 2.16. The molecule has 27 heavy (non-hydrogen) atoms. The smallest absolute Gasteiger partial charge is 0.291 e. The summed E-state index contributed by atoms with van der Waals surface area (Å²) in [6, 6.07) is 3.97. The molecule has 2 aliphatic heterocycles. The van der Waals surface area contributed by atoms with E-state index in [0.29, 0.717) is 24.0 Å². The number of pyridine rings is 1. The maximum atomic E-state index is 12.6. The number of piperidine rings is 1. The van der Waals surface area contributed by atoms with E-state index < -0.39 is 0 Å². The Morgan fingerprint density at radius 3 is 2.85 bits per heavy atom. The van der Waals surface area contributed by atoms with E-state index in [1.54, 1.807) is 19.3 Å². The molecule has 2 aliphatic rings. The third kappa shape index (κ3) is 3.61. The summed E-state index contributed by atoms with van der Waals surface area (Å²) in [6.45, 7) is 5.69. The first-order chi connectivity index (χ1) is 13.1. The van der Waals surface area contributed by atoms with Gasteiger partial charge in [-0.05, 0) is 57.0 Å². The molecule has 0 radical (unpaired) electrons. The summed E-state index contributed by atoms with van der Waals surface area (Å²) in [4.78, 5) is 24.9. The molecule has 0 aliphatic carbocycles. The lowest BCUT2D eigenvalue weighted by Crippen LogP contribution is -2.72. The van der Waals surface area contributed by atoms with Crippen molar-refractivity contribution in [3.05, 3.63) is 47.9 Å². The number of likely N-dealkylation sites (N-methyl/N-ethyl adjacent to an activating group) is 1. The van der Waals surface area contributed by atoms with E-state index in [0.717, 1.165) is 44.6 Å². The van der Waals surface area contributed by atoms with Crippen molar-refractivity contribution < 1.29 is 13.9 Å². The molecule has 7 heteroatoms. The van der Waals surface area contributed by atoms with Crippen molar-refractivity contribution >= 4 is 5.91 Å². The van der Waals surface area contributed by atoms with Crippen LogP contribution in [0.25, 0.3) is 0 Å². The van der Waals surface area contributed by atoms with Crippen molar-refractivity contribution in [2.75, 3.05) is 33.3 Å². The lowest BCUT2D eigenvalue weighted by molar-refractivity contribution is -0.0775. The van der Waals surface area contributed by atoms with E-state index in [4.69, 9.17) is 9.15 Å². The molecule has 0 bridgehead atoms. The highest BCUT2D eigenvalue weighted by Gasteiger charge is 2.51. The van der Waals surface area contributed by atoms with E-state index in [9.17, 15) is 4.79 Å². The van der Waals surface area contributed by atoms with E-state index in [1.165, 1.54) is 6.39 Å². The molecule has 1 unspecified atom stereocenters. The second kappa shape index (κ2) is 7.40. The van der Waals surface area contributed by atoms with Gasteiger partial charge in [0.2, 0.25) is 5.76 Å². The van der Waals surface area contributed by atoms with Crippen LogP contribution < -0.4 is 0 Å². The molecule has 1 spiro atoms. The summed E-state index contributed by atoms with van der Waals surface area (Å²) in [5.74, 6) is 0.827. The Morgan fingerprint density at radius 2 is 2.15 bits per heavy atom. The first kappa shape index (κ1) is 18.1. The molecule has 2 saturated heterocycles. The molecule has 1 atom stereocenters. The zero-order valence-electron chi connectivity index (χ0n) is 15.9. The number of oxazole rings is 1. The molecule has 4 heterocycles. The SMILES string of the molecule is Cc1ncoc1C(=O)N1CC2(CC(COCc3ccncc3)CCN2C)C1. The Labute approximate surface area is 159 Å². The number of hydrogen-bond acceptors (Lipinski definition) is 6. The fraction of sp³-hybridized carbons (Fsp3) is 0.550. The average Bonchev–Trinajstić information content (AvgIpc) is 3.07. The van der Waals surface area contributed by atoms with Crippen LogP contribution in [0.15, 0.2) is 35.3 Å². The number of ether oxygens (including phenoxy) is 1. The van der Waals surface area contributed by atoms with Gasteiger partial charge < -0.3 is 14.1 Å². The lowest BCUT2D eigenvalue weighted by Gasteiger charge is -2.58. The van der Waals surface area contributed by atoms with E-state index in [-0.39, 0.29) is 11.4 Å². The number of aromatic nitrogens is 2. The highest BCUT2D eigenvalue weighted by molar-refractivity contribution is 5.93. The normalized spacial score (nSPS) is 22.0. The molecule has 0 N–H and O–H groups in total. The minimum Gasteiger partial charge on any atom is -0.438 e. The van der Waals surface area contributed by atoms with Crippen LogP contribution in [0.4, 0.5) is 0 Å². The molecule has 1 amide bonds. The number of rotatable bonds is 5. The summed E-state index contributed by atoms with van der Waals surface area (Å²) in [6.07, 6.45) is 7.10. The molecule has 2 aromatic heterocycles. The van der Waals surface area contributed by atoms with Gasteiger partial charge in [-0.25, -0.2) is 4.98 Å². The van der Waals surface area contributed by atoms with Gasteiger partial charge in [0.05, 0.1) is 17.8 Å². The van der Waals surface area contributed by atoms with Gasteiger partial charge in [0.25, 0.3) is 5.91 Å². The van der Waals surface area contributed by atoms with Crippen LogP contribution in [0.3, 0.4) is 0 Å². The summed E-state index contributed by atoms with van der Waals surface area (Å²) in [5.41, 5.74) is 1.86. The Balaban J connectivity index is 1.31. The number of carbonyl (C=O) groups excluding carboxylic acids is 1. The highest BCUT2D eigenvalue weighted by Crippen LogP contribution is 2.39. The molecule has 2 fully saturated rings. The molecule has 4 rings (SSSR count). The summed E-state index contributed by atoms with van der Waals surface area (Å²) in [5, 5.41) is 0. The largest absolute Gasteiger partial charge is 0.438 e. The first-order valence-electron chi connectivity index (χ1n) is 9.45. The van der Waals surface area contributed by atoms with Gasteiger partial charge in [0.15, 0.2) is 6.39 Å². The second-order valence-corrected chi connectivity index (χ2v) is 7.80. The van der Waals surface area contributed by atoms with Crippen LogP contribution in [-0.2, 0) is 11.3 Å². The summed E-state index contributed by atoms with van der Waals surface area (Å²) >= 11 is 0. The first-order valence-corrected chi connectivity index (χ1v) is 9.45. The van der Waals surface area contributed by atoms with Crippen molar-refractivity contribution in [2.45, 2.75) is 31.9 Å². The minimum atomic E-state index is -0.0555. The second-order valence-electron chi connectivity index (χ2n) is 7.80. The molecule has 144 valence electrons. The average molecular weight is 370 g/mol. The number of amides is 1. The fourth-order valence-corrected chi connectivity index (χ4v) is 4.20. The van der Waals surface area contributed by atoms with E-state index in [1.807, 2.05) is 17.0 Å².